The molecule has 0 aliphatic carbocycles. The standard InChI is InChI=1S/C24H21N3O3S/c1-15-13-18(16(2)26(15)21-11-9-19(10-12-21)25-17(3)28)14-22-23(29)27(24(30)31-22)20-7-5-4-6-8-20/h4-14H,1-3H3,(H,25,28)/b22-14+. The summed E-state index contributed by atoms with van der Waals surface area (Å²) in [6, 6.07) is 18.5. The average Bonchev–Trinajstić information content (AvgIpc) is 3.17. The van der Waals surface area contributed by atoms with Crippen LogP contribution in [0.15, 0.2) is 65.6 Å². The third kappa shape index (κ3) is 4.04. The lowest BCUT2D eigenvalue weighted by Gasteiger charge is -2.11. The van der Waals surface area contributed by atoms with Gasteiger partial charge in [0.2, 0.25) is 5.91 Å². The van der Waals surface area contributed by atoms with E-state index >= 15 is 0 Å². The topological polar surface area (TPSA) is 71.4 Å². The molecule has 156 valence electrons. The minimum absolute atomic E-state index is 0.118. The molecule has 2 aromatic carbocycles. The molecule has 0 unspecified atom stereocenters. The fourth-order valence-electron chi connectivity index (χ4n) is 3.64. The second kappa shape index (κ2) is 8.28. The molecule has 7 heteroatoms. The lowest BCUT2D eigenvalue weighted by Crippen LogP contribution is -2.27. The number of amides is 3. The van der Waals surface area contributed by atoms with Crippen LogP contribution in [0.4, 0.5) is 16.2 Å². The summed E-state index contributed by atoms with van der Waals surface area (Å²) in [5.74, 6) is -0.432. The van der Waals surface area contributed by atoms with Crippen molar-refractivity contribution in [1.29, 1.82) is 0 Å². The molecular weight excluding hydrogens is 410 g/mol. The highest BCUT2D eigenvalue weighted by molar-refractivity contribution is 8.19. The van der Waals surface area contributed by atoms with E-state index in [1.165, 1.54) is 11.8 Å². The number of carbonyl (C=O) groups excluding carboxylic acids is 3. The van der Waals surface area contributed by atoms with Gasteiger partial charge in [0.25, 0.3) is 11.1 Å². The van der Waals surface area contributed by atoms with Crippen LogP contribution in [0.1, 0.15) is 23.9 Å². The smallest absolute Gasteiger partial charge is 0.298 e. The Kier molecular flexibility index (Phi) is 5.52. The van der Waals surface area contributed by atoms with Gasteiger partial charge in [-0.3, -0.25) is 14.4 Å². The van der Waals surface area contributed by atoms with Crippen molar-refractivity contribution in [3.8, 4) is 5.69 Å². The lowest BCUT2D eigenvalue weighted by molar-refractivity contribution is -0.114. The minimum atomic E-state index is -0.314. The van der Waals surface area contributed by atoms with E-state index in [-0.39, 0.29) is 17.1 Å². The molecule has 0 radical (unpaired) electrons. The summed E-state index contributed by atoms with van der Waals surface area (Å²) in [6.45, 7) is 5.43. The third-order valence-corrected chi connectivity index (χ3v) is 5.88. The second-order valence-corrected chi connectivity index (χ2v) is 8.24. The first-order valence-corrected chi connectivity index (χ1v) is 10.6. The van der Waals surface area contributed by atoms with Crippen LogP contribution in [0.25, 0.3) is 11.8 Å². The van der Waals surface area contributed by atoms with Crippen LogP contribution in [-0.4, -0.2) is 21.6 Å². The predicted octanol–water partition coefficient (Wildman–Crippen LogP) is 5.29. The number of hydrogen-bond donors (Lipinski definition) is 1. The van der Waals surface area contributed by atoms with Crippen molar-refractivity contribution in [2.45, 2.75) is 20.8 Å². The van der Waals surface area contributed by atoms with E-state index in [1.54, 1.807) is 30.3 Å². The van der Waals surface area contributed by atoms with Crippen LogP contribution in [0, 0.1) is 13.8 Å². The molecule has 1 aromatic heterocycles. The Morgan fingerprint density at radius 3 is 2.29 bits per heavy atom. The van der Waals surface area contributed by atoms with Gasteiger partial charge in [-0.05, 0) is 79.7 Å². The van der Waals surface area contributed by atoms with Crippen molar-refractivity contribution in [1.82, 2.24) is 4.57 Å². The van der Waals surface area contributed by atoms with Crippen LogP contribution < -0.4 is 10.2 Å². The molecule has 0 spiro atoms. The fraction of sp³-hybridized carbons (Fsp3) is 0.125. The fourth-order valence-corrected chi connectivity index (χ4v) is 4.47. The Balaban J connectivity index is 1.65. The number of carbonyl (C=O) groups is 3. The molecular formula is C24H21N3O3S. The van der Waals surface area contributed by atoms with Crippen molar-refractivity contribution >= 4 is 46.3 Å². The molecule has 0 saturated carbocycles. The van der Waals surface area contributed by atoms with E-state index in [0.29, 0.717) is 10.6 Å². The van der Waals surface area contributed by atoms with Gasteiger partial charge in [-0.1, -0.05) is 18.2 Å². The van der Waals surface area contributed by atoms with Crippen molar-refractivity contribution in [2.75, 3.05) is 10.2 Å². The first kappa shape index (κ1) is 20.7. The van der Waals surface area contributed by atoms with Gasteiger partial charge in [-0.15, -0.1) is 0 Å². The minimum Gasteiger partial charge on any atom is -0.326 e. The molecule has 0 bridgehead atoms. The SMILES string of the molecule is CC(=O)Nc1ccc(-n2c(C)cc(/C=C3/SC(=O)N(c4ccccc4)C3=O)c2C)cc1. The van der Waals surface area contributed by atoms with Gasteiger partial charge in [0.15, 0.2) is 0 Å². The molecule has 1 saturated heterocycles. The zero-order valence-electron chi connectivity index (χ0n) is 17.4. The van der Waals surface area contributed by atoms with Gasteiger partial charge in [0.1, 0.15) is 0 Å². The van der Waals surface area contributed by atoms with Gasteiger partial charge in [-0.2, -0.15) is 0 Å². The summed E-state index contributed by atoms with van der Waals surface area (Å²) in [7, 11) is 0. The number of para-hydroxylation sites is 1. The molecule has 1 fully saturated rings. The lowest BCUT2D eigenvalue weighted by atomic mass is 10.2. The van der Waals surface area contributed by atoms with Gasteiger partial charge in [-0.25, -0.2) is 4.90 Å². The predicted molar refractivity (Wildman–Crippen MR) is 124 cm³/mol. The Hall–Kier alpha value is -3.58. The highest BCUT2D eigenvalue weighted by atomic mass is 32.2. The number of anilines is 2. The quantitative estimate of drug-likeness (QED) is 0.570. The Morgan fingerprint density at radius 2 is 1.65 bits per heavy atom. The first-order chi connectivity index (χ1) is 14.8. The van der Waals surface area contributed by atoms with Crippen molar-refractivity contribution in [3.63, 3.8) is 0 Å². The molecule has 1 aliphatic rings. The van der Waals surface area contributed by atoms with Crippen LogP contribution in [-0.2, 0) is 9.59 Å². The van der Waals surface area contributed by atoms with Gasteiger partial charge in [0.05, 0.1) is 10.6 Å². The van der Waals surface area contributed by atoms with Gasteiger partial charge in [0, 0.05) is 29.7 Å². The number of hydrogen-bond acceptors (Lipinski definition) is 4. The highest BCUT2D eigenvalue weighted by Gasteiger charge is 2.36. The largest absolute Gasteiger partial charge is 0.326 e. The molecule has 0 atom stereocenters. The van der Waals surface area contributed by atoms with E-state index in [4.69, 9.17) is 0 Å². The number of benzene rings is 2. The number of nitrogens with one attached hydrogen (secondary N) is 1. The number of aromatic nitrogens is 1. The number of aryl methyl sites for hydroxylation is 1. The molecule has 6 nitrogen and oxygen atoms in total. The summed E-state index contributed by atoms with van der Waals surface area (Å²) in [5, 5.41) is 2.46. The maximum absolute atomic E-state index is 12.9. The van der Waals surface area contributed by atoms with E-state index < -0.39 is 0 Å². The number of rotatable bonds is 4. The van der Waals surface area contributed by atoms with Crippen LogP contribution in [0.2, 0.25) is 0 Å². The second-order valence-electron chi connectivity index (χ2n) is 7.24. The van der Waals surface area contributed by atoms with Crippen LogP contribution >= 0.6 is 11.8 Å². The maximum atomic E-state index is 12.9. The molecule has 1 N–H and O–H groups in total. The summed E-state index contributed by atoms with van der Waals surface area (Å²) >= 11 is 0.948. The molecule has 31 heavy (non-hydrogen) atoms. The number of nitrogens with zero attached hydrogens (tertiary/aromatic N) is 2. The van der Waals surface area contributed by atoms with E-state index in [1.807, 2.05) is 50.2 Å². The zero-order valence-corrected chi connectivity index (χ0v) is 18.2. The molecule has 1 aliphatic heterocycles. The van der Waals surface area contributed by atoms with Crippen LogP contribution in [0.3, 0.4) is 0 Å². The van der Waals surface area contributed by atoms with Crippen LogP contribution in [0.5, 0.6) is 0 Å². The summed E-state index contributed by atoms with van der Waals surface area (Å²) in [6.07, 6.45) is 1.78. The summed E-state index contributed by atoms with van der Waals surface area (Å²) in [5.41, 5.74) is 5.07. The zero-order chi connectivity index (χ0) is 22.1. The highest BCUT2D eigenvalue weighted by Crippen LogP contribution is 2.36. The summed E-state index contributed by atoms with van der Waals surface area (Å²) in [4.78, 5) is 38.2. The molecule has 3 amide bonds. The number of imide groups is 1. The monoisotopic (exact) mass is 431 g/mol. The van der Waals surface area contributed by atoms with Crippen molar-refractivity contribution < 1.29 is 14.4 Å². The van der Waals surface area contributed by atoms with E-state index in [9.17, 15) is 14.4 Å². The Bertz CT molecular complexity index is 1210. The normalized spacial score (nSPS) is 15.1. The molecule has 4 rings (SSSR count). The van der Waals surface area contributed by atoms with Gasteiger partial charge >= 0.3 is 0 Å². The average molecular weight is 432 g/mol. The van der Waals surface area contributed by atoms with Gasteiger partial charge < -0.3 is 9.88 Å². The Morgan fingerprint density at radius 1 is 0.968 bits per heavy atom. The molecule has 2 heterocycles. The third-order valence-electron chi connectivity index (χ3n) is 5.01. The summed E-state index contributed by atoms with van der Waals surface area (Å²) < 4.78 is 2.07. The number of thioether (sulfide) groups is 1. The maximum Gasteiger partial charge on any atom is 0.298 e. The van der Waals surface area contributed by atoms with E-state index in [2.05, 4.69) is 9.88 Å². The first-order valence-electron chi connectivity index (χ1n) is 9.75. The Labute approximate surface area is 184 Å². The van der Waals surface area contributed by atoms with Crippen molar-refractivity contribution in [2.24, 2.45) is 0 Å². The molecule has 3 aromatic rings. The van der Waals surface area contributed by atoms with Crippen molar-refractivity contribution in [3.05, 3.63) is 82.5 Å². The van der Waals surface area contributed by atoms with E-state index in [0.717, 1.165) is 40.1 Å².